The third kappa shape index (κ3) is 4.73. The molecule has 0 aromatic rings. The van der Waals surface area contributed by atoms with Crippen molar-refractivity contribution in [1.29, 1.82) is 0 Å². The highest BCUT2D eigenvalue weighted by Gasteiger charge is 2.43. The van der Waals surface area contributed by atoms with Crippen LogP contribution >= 0.6 is 0 Å². The zero-order valence-electron chi connectivity index (χ0n) is 11.3. The van der Waals surface area contributed by atoms with E-state index < -0.39 is 27.5 Å². The van der Waals surface area contributed by atoms with Crippen LogP contribution < -0.4 is 4.72 Å². The predicted octanol–water partition coefficient (Wildman–Crippen LogP) is -0.507. The number of hydrogen-bond donors (Lipinski definition) is 2. The van der Waals surface area contributed by atoms with Crippen molar-refractivity contribution < 1.29 is 32.6 Å². The second kappa shape index (κ2) is 7.00. The van der Waals surface area contributed by atoms with Crippen LogP contribution in [0.1, 0.15) is 25.7 Å². The topological polar surface area (TPSA) is 119 Å². The summed E-state index contributed by atoms with van der Waals surface area (Å²) < 4.78 is 35.5. The van der Waals surface area contributed by atoms with E-state index in [1.54, 1.807) is 0 Å². The minimum absolute atomic E-state index is 0.0272. The van der Waals surface area contributed by atoms with Crippen molar-refractivity contribution in [3.63, 3.8) is 0 Å². The van der Waals surface area contributed by atoms with Crippen molar-refractivity contribution in [1.82, 2.24) is 4.72 Å². The summed E-state index contributed by atoms with van der Waals surface area (Å²) >= 11 is 0. The highest BCUT2D eigenvalue weighted by Crippen LogP contribution is 2.22. The summed E-state index contributed by atoms with van der Waals surface area (Å²) in [5.74, 6) is -2.03. The molecule has 0 aromatic heterocycles. The van der Waals surface area contributed by atoms with Crippen LogP contribution in [0.5, 0.6) is 0 Å². The Morgan fingerprint density at radius 3 is 2.45 bits per heavy atom. The highest BCUT2D eigenvalue weighted by molar-refractivity contribution is 7.89. The quantitative estimate of drug-likeness (QED) is 0.608. The fraction of sp³-hybridized carbons (Fsp3) is 0.818. The van der Waals surface area contributed by atoms with Crippen molar-refractivity contribution in [3.05, 3.63) is 0 Å². The summed E-state index contributed by atoms with van der Waals surface area (Å²) in [6.07, 6.45) is 0.214. The van der Waals surface area contributed by atoms with Crippen LogP contribution in [0.15, 0.2) is 0 Å². The lowest BCUT2D eigenvalue weighted by Gasteiger charge is -2.33. The predicted molar refractivity (Wildman–Crippen MR) is 68.6 cm³/mol. The van der Waals surface area contributed by atoms with Gasteiger partial charge in [-0.05, 0) is 6.42 Å². The van der Waals surface area contributed by atoms with Crippen molar-refractivity contribution in [2.24, 2.45) is 0 Å². The fourth-order valence-corrected chi connectivity index (χ4v) is 3.45. The van der Waals surface area contributed by atoms with E-state index in [9.17, 15) is 23.1 Å². The van der Waals surface area contributed by atoms with Gasteiger partial charge >= 0.3 is 11.9 Å². The third-order valence-electron chi connectivity index (χ3n) is 3.13. The summed E-state index contributed by atoms with van der Waals surface area (Å²) in [6, 6.07) is 0. The summed E-state index contributed by atoms with van der Waals surface area (Å²) in [4.78, 5) is 22.2. The van der Waals surface area contributed by atoms with E-state index in [4.69, 9.17) is 4.74 Å². The van der Waals surface area contributed by atoms with Gasteiger partial charge in [-0.2, -0.15) is 4.72 Å². The monoisotopic (exact) mass is 309 g/mol. The summed E-state index contributed by atoms with van der Waals surface area (Å²) in [5.41, 5.74) is -1.51. The maximum atomic E-state index is 11.9. The molecule has 0 atom stereocenters. The molecule has 0 unspecified atom stereocenters. The Bertz CT molecular complexity index is 453. The van der Waals surface area contributed by atoms with Gasteiger partial charge in [-0.25, -0.2) is 8.42 Å². The number of methoxy groups -OCH3 is 1. The van der Waals surface area contributed by atoms with Crippen LogP contribution in [0.2, 0.25) is 0 Å². The summed E-state index contributed by atoms with van der Waals surface area (Å²) in [5, 5.41) is 9.25. The Balaban J connectivity index is 2.62. The molecule has 1 rings (SSSR count). The van der Waals surface area contributed by atoms with Gasteiger partial charge in [-0.15, -0.1) is 0 Å². The zero-order chi connectivity index (χ0) is 15.2. The van der Waals surface area contributed by atoms with E-state index in [1.165, 1.54) is 7.11 Å². The minimum Gasteiger partial charge on any atom is -0.480 e. The molecule has 1 saturated heterocycles. The first kappa shape index (κ1) is 16.9. The first-order valence-corrected chi connectivity index (χ1v) is 7.86. The van der Waals surface area contributed by atoms with Crippen molar-refractivity contribution in [2.45, 2.75) is 31.2 Å². The molecule has 0 saturated carbocycles. The molecule has 2 N–H and O–H groups in total. The standard InChI is InChI=1S/C11H19NO7S/c1-18-9(13)3-2-8-20(16,17)12-11(10(14)15)4-6-19-7-5-11/h12H,2-8H2,1H3,(H,14,15). The molecule has 1 heterocycles. The zero-order valence-corrected chi connectivity index (χ0v) is 12.1. The lowest BCUT2D eigenvalue weighted by atomic mass is 9.92. The van der Waals surface area contributed by atoms with Gasteiger partial charge in [0.15, 0.2) is 0 Å². The summed E-state index contributed by atoms with van der Waals surface area (Å²) in [6.45, 7) is 0.383. The van der Waals surface area contributed by atoms with Gasteiger partial charge in [0.2, 0.25) is 10.0 Å². The van der Waals surface area contributed by atoms with Crippen molar-refractivity contribution in [2.75, 3.05) is 26.1 Å². The fourth-order valence-electron chi connectivity index (χ4n) is 1.94. The third-order valence-corrected chi connectivity index (χ3v) is 4.66. The van der Waals surface area contributed by atoms with E-state index in [1.807, 2.05) is 0 Å². The Kier molecular flexibility index (Phi) is 5.90. The maximum absolute atomic E-state index is 11.9. The number of carboxylic acids is 1. The number of aliphatic carboxylic acids is 1. The van der Waals surface area contributed by atoms with E-state index in [0.29, 0.717) is 0 Å². The molecule has 1 aliphatic rings. The van der Waals surface area contributed by atoms with Gasteiger partial charge in [-0.3, -0.25) is 9.59 Å². The van der Waals surface area contributed by atoms with Gasteiger partial charge in [0.05, 0.1) is 12.9 Å². The molecule has 1 fully saturated rings. The average Bonchev–Trinajstić information content (AvgIpc) is 2.38. The van der Waals surface area contributed by atoms with Crippen LogP contribution in [-0.2, 0) is 29.1 Å². The molecule has 8 nitrogen and oxygen atoms in total. The first-order chi connectivity index (χ1) is 9.31. The number of esters is 1. The molecule has 0 aliphatic carbocycles. The number of ether oxygens (including phenoxy) is 2. The summed E-state index contributed by atoms with van der Waals surface area (Å²) in [7, 11) is -2.56. The molecule has 9 heteroatoms. The molecular formula is C11H19NO7S. The molecule has 0 radical (unpaired) electrons. The number of carbonyl (C=O) groups is 2. The number of rotatable bonds is 7. The molecule has 0 bridgehead atoms. The number of carboxylic acid groups (broad SMARTS) is 1. The van der Waals surface area contributed by atoms with Gasteiger partial charge in [0, 0.05) is 32.5 Å². The maximum Gasteiger partial charge on any atom is 0.325 e. The number of sulfonamides is 1. The number of nitrogens with one attached hydrogen (secondary N) is 1. The van der Waals surface area contributed by atoms with E-state index in [-0.39, 0.29) is 44.6 Å². The lowest BCUT2D eigenvalue weighted by molar-refractivity contribution is -0.148. The van der Waals surface area contributed by atoms with E-state index in [0.717, 1.165) is 0 Å². The molecule has 0 aromatic carbocycles. The second-order valence-corrected chi connectivity index (χ2v) is 6.44. The van der Waals surface area contributed by atoms with Gasteiger partial charge in [-0.1, -0.05) is 0 Å². The van der Waals surface area contributed by atoms with Crippen LogP contribution in [0.3, 0.4) is 0 Å². The highest BCUT2D eigenvalue weighted by atomic mass is 32.2. The minimum atomic E-state index is -3.78. The van der Waals surface area contributed by atoms with Crippen LogP contribution in [-0.4, -0.2) is 57.1 Å². The normalized spacial score (nSPS) is 18.4. The molecule has 0 spiro atoms. The van der Waals surface area contributed by atoms with Crippen molar-refractivity contribution >= 4 is 22.0 Å². The Morgan fingerprint density at radius 1 is 1.35 bits per heavy atom. The molecular weight excluding hydrogens is 290 g/mol. The van der Waals surface area contributed by atoms with Crippen LogP contribution in [0.4, 0.5) is 0 Å². The number of hydrogen-bond acceptors (Lipinski definition) is 6. The van der Waals surface area contributed by atoms with E-state index >= 15 is 0 Å². The Morgan fingerprint density at radius 2 is 1.95 bits per heavy atom. The molecule has 1 aliphatic heterocycles. The van der Waals surface area contributed by atoms with Crippen LogP contribution in [0, 0.1) is 0 Å². The average molecular weight is 309 g/mol. The number of carbonyl (C=O) groups excluding carboxylic acids is 1. The molecule has 20 heavy (non-hydrogen) atoms. The smallest absolute Gasteiger partial charge is 0.325 e. The Labute approximate surface area is 117 Å². The largest absolute Gasteiger partial charge is 0.480 e. The van der Waals surface area contributed by atoms with Crippen LogP contribution in [0.25, 0.3) is 0 Å². The first-order valence-electron chi connectivity index (χ1n) is 6.21. The van der Waals surface area contributed by atoms with Gasteiger partial charge in [0.1, 0.15) is 5.54 Å². The Hall–Kier alpha value is -1.19. The second-order valence-electron chi connectivity index (χ2n) is 4.60. The SMILES string of the molecule is COC(=O)CCCS(=O)(=O)NC1(C(=O)O)CCOCC1. The lowest BCUT2D eigenvalue weighted by Crippen LogP contribution is -2.57. The molecule has 116 valence electrons. The van der Waals surface area contributed by atoms with Gasteiger partial charge < -0.3 is 14.6 Å². The molecule has 0 amide bonds. The van der Waals surface area contributed by atoms with E-state index in [2.05, 4.69) is 9.46 Å². The van der Waals surface area contributed by atoms with Crippen molar-refractivity contribution in [3.8, 4) is 0 Å². The van der Waals surface area contributed by atoms with Gasteiger partial charge in [0.25, 0.3) is 0 Å².